The molecule has 2 aliphatic rings. The first-order valence-electron chi connectivity index (χ1n) is 6.17. The second-order valence-electron chi connectivity index (χ2n) is 4.85. The minimum absolute atomic E-state index is 0.850. The molecule has 0 radical (unpaired) electrons. The molecule has 0 bridgehead atoms. The maximum Gasteiger partial charge on any atom is 0.0367 e. The first-order chi connectivity index (χ1) is 7.83. The molecule has 0 aromatic heterocycles. The number of rotatable bonds is 2. The fourth-order valence-electron chi connectivity index (χ4n) is 2.60. The first-order valence-corrected chi connectivity index (χ1v) is 6.17. The quantitative estimate of drug-likeness (QED) is 0.602. The van der Waals surface area contributed by atoms with Crippen molar-refractivity contribution in [2.45, 2.75) is 18.9 Å². The van der Waals surface area contributed by atoms with Crippen molar-refractivity contribution < 1.29 is 0 Å². The van der Waals surface area contributed by atoms with Gasteiger partial charge in [-0.2, -0.15) is 0 Å². The molecule has 2 aliphatic heterocycles. The maximum absolute atomic E-state index is 5.70. The van der Waals surface area contributed by atoms with Crippen LogP contribution in [0.25, 0.3) is 0 Å². The molecule has 0 unspecified atom stereocenters. The fourth-order valence-corrected chi connectivity index (χ4v) is 2.60. The van der Waals surface area contributed by atoms with Gasteiger partial charge in [0.25, 0.3) is 0 Å². The van der Waals surface area contributed by atoms with Crippen LogP contribution in [0.1, 0.15) is 12.8 Å². The van der Waals surface area contributed by atoms with Crippen molar-refractivity contribution in [3.05, 3.63) is 24.3 Å². The van der Waals surface area contributed by atoms with Gasteiger partial charge in [-0.25, -0.2) is 0 Å². The predicted molar refractivity (Wildman–Crippen MR) is 67.7 cm³/mol. The number of hydrogen-bond acceptors (Lipinski definition) is 3. The molecule has 0 atom stereocenters. The highest BCUT2D eigenvalue weighted by Gasteiger charge is 2.30. The lowest BCUT2D eigenvalue weighted by Gasteiger charge is -2.34. The lowest BCUT2D eigenvalue weighted by molar-refractivity contribution is 0.330. The summed E-state index contributed by atoms with van der Waals surface area (Å²) in [6.45, 7) is 5.02. The van der Waals surface area contributed by atoms with Gasteiger partial charge >= 0.3 is 0 Å². The van der Waals surface area contributed by atoms with Crippen molar-refractivity contribution in [1.29, 1.82) is 0 Å². The molecule has 3 nitrogen and oxygen atoms in total. The summed E-state index contributed by atoms with van der Waals surface area (Å²) in [7, 11) is 0. The minimum Gasteiger partial charge on any atom is -0.399 e. The van der Waals surface area contributed by atoms with E-state index in [1.165, 1.54) is 44.7 Å². The van der Waals surface area contributed by atoms with Crippen LogP contribution in [0.15, 0.2) is 24.3 Å². The van der Waals surface area contributed by atoms with Gasteiger partial charge in [-0.05, 0) is 37.1 Å². The zero-order valence-electron chi connectivity index (χ0n) is 9.60. The number of anilines is 2. The summed E-state index contributed by atoms with van der Waals surface area (Å²) in [5.41, 5.74) is 7.87. The Bertz CT molecular complexity index is 348. The van der Waals surface area contributed by atoms with Crippen LogP contribution < -0.4 is 10.6 Å². The molecule has 0 saturated carbocycles. The van der Waals surface area contributed by atoms with Crippen LogP contribution in [-0.2, 0) is 0 Å². The molecule has 1 aromatic carbocycles. The highest BCUT2D eigenvalue weighted by atomic mass is 15.3. The van der Waals surface area contributed by atoms with Gasteiger partial charge in [-0.15, -0.1) is 0 Å². The molecule has 3 rings (SSSR count). The first kappa shape index (κ1) is 9.97. The van der Waals surface area contributed by atoms with Crippen LogP contribution in [0.5, 0.6) is 0 Å². The highest BCUT2D eigenvalue weighted by molar-refractivity contribution is 5.53. The van der Waals surface area contributed by atoms with Gasteiger partial charge in [-0.1, -0.05) is 0 Å². The number of nitrogens with two attached hydrogens (primary N) is 1. The summed E-state index contributed by atoms with van der Waals surface area (Å²) in [6.07, 6.45) is 2.62. The van der Waals surface area contributed by atoms with E-state index in [0.717, 1.165) is 11.7 Å². The van der Waals surface area contributed by atoms with Gasteiger partial charge in [0.1, 0.15) is 0 Å². The predicted octanol–water partition coefficient (Wildman–Crippen LogP) is 1.55. The molecule has 0 spiro atoms. The van der Waals surface area contributed by atoms with E-state index < -0.39 is 0 Å². The average Bonchev–Trinajstić information content (AvgIpc) is 3.14. The number of piperidine rings is 1. The smallest absolute Gasteiger partial charge is 0.0367 e. The molecule has 16 heavy (non-hydrogen) atoms. The summed E-state index contributed by atoms with van der Waals surface area (Å²) in [5, 5.41) is 0. The van der Waals surface area contributed by atoms with Gasteiger partial charge < -0.3 is 10.6 Å². The van der Waals surface area contributed by atoms with Crippen molar-refractivity contribution in [2.75, 3.05) is 36.8 Å². The van der Waals surface area contributed by atoms with Gasteiger partial charge in [-0.3, -0.25) is 4.90 Å². The van der Waals surface area contributed by atoms with Crippen LogP contribution >= 0.6 is 0 Å². The summed E-state index contributed by atoms with van der Waals surface area (Å²) in [4.78, 5) is 5.06. The van der Waals surface area contributed by atoms with Gasteiger partial charge in [0, 0.05) is 43.6 Å². The zero-order valence-corrected chi connectivity index (χ0v) is 9.60. The molecular weight excluding hydrogens is 198 g/mol. The Kier molecular flexibility index (Phi) is 2.48. The number of benzene rings is 1. The largest absolute Gasteiger partial charge is 0.399 e. The van der Waals surface area contributed by atoms with Gasteiger partial charge in [0.2, 0.25) is 0 Å². The van der Waals surface area contributed by atoms with E-state index >= 15 is 0 Å². The normalized spacial score (nSPS) is 22.4. The Balaban J connectivity index is 1.62. The highest BCUT2D eigenvalue weighted by Crippen LogP contribution is 2.25. The van der Waals surface area contributed by atoms with E-state index in [0.29, 0.717) is 0 Å². The molecule has 0 aliphatic carbocycles. The minimum atomic E-state index is 0.850. The summed E-state index contributed by atoms with van der Waals surface area (Å²) >= 11 is 0. The van der Waals surface area contributed by atoms with Crippen LogP contribution in [0.2, 0.25) is 0 Å². The lowest BCUT2D eigenvalue weighted by atomic mass is 10.0. The second-order valence-corrected chi connectivity index (χ2v) is 4.85. The van der Waals surface area contributed by atoms with Crippen LogP contribution in [0, 0.1) is 0 Å². The van der Waals surface area contributed by atoms with E-state index in [1.807, 2.05) is 12.1 Å². The molecule has 86 valence electrons. The topological polar surface area (TPSA) is 32.3 Å². The molecule has 0 amide bonds. The van der Waals surface area contributed by atoms with Gasteiger partial charge in [0.05, 0.1) is 0 Å². The maximum atomic E-state index is 5.70. The van der Waals surface area contributed by atoms with E-state index in [1.54, 1.807) is 0 Å². The molecule has 2 fully saturated rings. The third-order valence-electron chi connectivity index (χ3n) is 3.72. The van der Waals surface area contributed by atoms with E-state index in [2.05, 4.69) is 21.9 Å². The third-order valence-corrected chi connectivity index (χ3v) is 3.72. The Morgan fingerprint density at radius 2 is 1.56 bits per heavy atom. The summed E-state index contributed by atoms with van der Waals surface area (Å²) in [6, 6.07) is 9.10. The van der Waals surface area contributed by atoms with Crippen molar-refractivity contribution in [1.82, 2.24) is 4.90 Å². The van der Waals surface area contributed by atoms with Gasteiger partial charge in [0.15, 0.2) is 0 Å². The Morgan fingerprint density at radius 3 is 2.12 bits per heavy atom. The Hall–Kier alpha value is -1.22. The molecule has 2 heterocycles. The lowest BCUT2D eigenvalue weighted by Crippen LogP contribution is -2.38. The van der Waals surface area contributed by atoms with Crippen LogP contribution in [-0.4, -0.2) is 37.1 Å². The van der Waals surface area contributed by atoms with E-state index in [4.69, 9.17) is 5.73 Å². The van der Waals surface area contributed by atoms with Crippen molar-refractivity contribution in [3.63, 3.8) is 0 Å². The standard InChI is InChI=1S/C13H19N3/c14-11-1-3-12(4-2-11)15-7-5-13(6-8-15)16-9-10-16/h1-4,13H,5-10,14H2. The summed E-state index contributed by atoms with van der Waals surface area (Å²) in [5.74, 6) is 0. The van der Waals surface area contributed by atoms with Crippen LogP contribution in [0.4, 0.5) is 11.4 Å². The third kappa shape index (κ3) is 2.00. The van der Waals surface area contributed by atoms with Crippen LogP contribution in [0.3, 0.4) is 0 Å². The van der Waals surface area contributed by atoms with E-state index in [9.17, 15) is 0 Å². The molecule has 2 saturated heterocycles. The monoisotopic (exact) mass is 217 g/mol. The Morgan fingerprint density at radius 1 is 0.938 bits per heavy atom. The molecule has 3 heteroatoms. The number of hydrogen-bond donors (Lipinski definition) is 1. The SMILES string of the molecule is Nc1ccc(N2CCC(N3CC3)CC2)cc1. The average molecular weight is 217 g/mol. The second kappa shape index (κ2) is 3.98. The molecule has 1 aromatic rings. The molecular formula is C13H19N3. The van der Waals surface area contributed by atoms with Crippen molar-refractivity contribution >= 4 is 11.4 Å². The Labute approximate surface area is 96.8 Å². The number of nitrogens with zero attached hydrogens (tertiary/aromatic N) is 2. The zero-order chi connectivity index (χ0) is 11.0. The van der Waals surface area contributed by atoms with E-state index in [-0.39, 0.29) is 0 Å². The fraction of sp³-hybridized carbons (Fsp3) is 0.538. The summed E-state index contributed by atoms with van der Waals surface area (Å²) < 4.78 is 0. The van der Waals surface area contributed by atoms with Crippen molar-refractivity contribution in [3.8, 4) is 0 Å². The molecule has 2 N–H and O–H groups in total. The number of nitrogen functional groups attached to an aromatic ring is 1. The van der Waals surface area contributed by atoms with Crippen molar-refractivity contribution in [2.24, 2.45) is 0 Å².